The van der Waals surface area contributed by atoms with Crippen LogP contribution < -0.4 is 0 Å². The van der Waals surface area contributed by atoms with Crippen LogP contribution in [0.4, 0.5) is 0 Å². The topological polar surface area (TPSA) is 20.3 Å². The predicted octanol–water partition coefficient (Wildman–Crippen LogP) is 1.79. The molecule has 1 aliphatic heterocycles. The van der Waals surface area contributed by atoms with Crippen molar-refractivity contribution in [2.45, 2.75) is 32.2 Å². The van der Waals surface area contributed by atoms with E-state index in [-0.39, 0.29) is 0 Å². The number of rotatable bonds is 4. The van der Waals surface area contributed by atoms with Crippen molar-refractivity contribution in [3.05, 3.63) is 0 Å². The Hall–Kier alpha value is -0.0200. The van der Waals surface area contributed by atoms with Crippen LogP contribution in [0, 0.1) is 0 Å². The van der Waals surface area contributed by atoms with Gasteiger partial charge in [-0.2, -0.15) is 11.8 Å². The normalized spacial score (nSPS) is 21.8. The summed E-state index contributed by atoms with van der Waals surface area (Å²) >= 11 is 1.90. The molecule has 1 saturated heterocycles. The molecule has 2 nitrogen and oxygen atoms in total. The Morgan fingerprint density at radius 3 is 2.54 bits per heavy atom. The summed E-state index contributed by atoms with van der Waals surface area (Å²) in [5.41, 5.74) is 0. The summed E-state index contributed by atoms with van der Waals surface area (Å²) in [6, 6.07) is 0.683. The summed E-state index contributed by atoms with van der Waals surface area (Å²) in [7, 11) is 0. The minimum atomic E-state index is 0.440. The molecule has 1 heterocycles. The SMILES string of the molecule is CCC(CSC)N1CCC(=O)CC1. The number of ketones is 1. The Kier molecular flexibility index (Phi) is 4.81. The molecule has 0 aromatic rings. The van der Waals surface area contributed by atoms with Crippen LogP contribution in [0.3, 0.4) is 0 Å². The van der Waals surface area contributed by atoms with Crippen LogP contribution in [0.25, 0.3) is 0 Å². The number of carbonyl (C=O) groups is 1. The van der Waals surface area contributed by atoms with Crippen molar-refractivity contribution < 1.29 is 4.79 Å². The zero-order valence-electron chi connectivity index (χ0n) is 8.58. The Bertz CT molecular complexity index is 162. The Morgan fingerprint density at radius 2 is 2.08 bits per heavy atom. The first-order chi connectivity index (χ1) is 6.27. The summed E-state index contributed by atoms with van der Waals surface area (Å²) in [5, 5.41) is 0. The van der Waals surface area contributed by atoms with Crippen molar-refractivity contribution in [2.24, 2.45) is 0 Å². The van der Waals surface area contributed by atoms with E-state index in [0.717, 1.165) is 25.9 Å². The van der Waals surface area contributed by atoms with Gasteiger partial charge < -0.3 is 0 Å². The summed E-state index contributed by atoms with van der Waals surface area (Å²) in [4.78, 5) is 13.5. The van der Waals surface area contributed by atoms with Crippen LogP contribution in [-0.4, -0.2) is 41.8 Å². The fourth-order valence-corrected chi connectivity index (χ4v) is 2.64. The lowest BCUT2D eigenvalue weighted by Gasteiger charge is -2.33. The number of hydrogen-bond donors (Lipinski definition) is 0. The molecule has 0 aromatic heterocycles. The molecule has 0 aromatic carbocycles. The fourth-order valence-electron chi connectivity index (χ4n) is 1.81. The van der Waals surface area contributed by atoms with Gasteiger partial charge in [0.25, 0.3) is 0 Å². The summed E-state index contributed by atoms with van der Waals surface area (Å²) in [5.74, 6) is 1.64. The molecule has 1 fully saturated rings. The fraction of sp³-hybridized carbons (Fsp3) is 0.900. The average Bonchev–Trinajstić information content (AvgIpc) is 2.16. The number of piperidine rings is 1. The zero-order chi connectivity index (χ0) is 9.68. The summed E-state index contributed by atoms with van der Waals surface area (Å²) < 4.78 is 0. The van der Waals surface area contributed by atoms with Gasteiger partial charge in [-0.3, -0.25) is 9.69 Å². The Balaban J connectivity index is 2.36. The molecule has 0 radical (unpaired) electrons. The second kappa shape index (κ2) is 5.66. The van der Waals surface area contributed by atoms with Crippen LogP contribution in [-0.2, 0) is 4.79 Å². The molecule has 0 bridgehead atoms. The number of carbonyl (C=O) groups excluding carboxylic acids is 1. The van der Waals surface area contributed by atoms with E-state index in [1.807, 2.05) is 11.8 Å². The highest BCUT2D eigenvalue weighted by Gasteiger charge is 2.21. The largest absolute Gasteiger partial charge is 0.300 e. The zero-order valence-corrected chi connectivity index (χ0v) is 9.40. The molecule has 3 heteroatoms. The van der Waals surface area contributed by atoms with Gasteiger partial charge in [-0.1, -0.05) is 6.92 Å². The van der Waals surface area contributed by atoms with Gasteiger partial charge in [0.15, 0.2) is 0 Å². The van der Waals surface area contributed by atoms with E-state index >= 15 is 0 Å². The first kappa shape index (κ1) is 11.1. The highest BCUT2D eigenvalue weighted by atomic mass is 32.2. The molecule has 0 N–H and O–H groups in total. The van der Waals surface area contributed by atoms with Crippen LogP contribution >= 0.6 is 11.8 Å². The van der Waals surface area contributed by atoms with Gasteiger partial charge in [-0.05, 0) is 12.7 Å². The van der Waals surface area contributed by atoms with Gasteiger partial charge in [-0.15, -0.1) is 0 Å². The quantitative estimate of drug-likeness (QED) is 0.691. The Labute approximate surface area is 85.1 Å². The van der Waals surface area contributed by atoms with E-state index < -0.39 is 0 Å². The third-order valence-corrected chi connectivity index (χ3v) is 3.42. The van der Waals surface area contributed by atoms with E-state index in [1.165, 1.54) is 12.2 Å². The van der Waals surface area contributed by atoms with E-state index in [0.29, 0.717) is 11.8 Å². The first-order valence-electron chi connectivity index (χ1n) is 5.02. The number of thioether (sulfide) groups is 1. The van der Waals surface area contributed by atoms with Gasteiger partial charge in [0.2, 0.25) is 0 Å². The second-order valence-electron chi connectivity index (χ2n) is 3.59. The molecule has 13 heavy (non-hydrogen) atoms. The van der Waals surface area contributed by atoms with E-state index in [9.17, 15) is 4.79 Å². The third-order valence-electron chi connectivity index (χ3n) is 2.70. The number of Topliss-reactive ketones (excluding diaryl/α,β-unsaturated/α-hetero) is 1. The lowest BCUT2D eigenvalue weighted by Crippen LogP contribution is -2.42. The summed E-state index contributed by atoms with van der Waals surface area (Å²) in [6.45, 7) is 4.20. The monoisotopic (exact) mass is 201 g/mol. The number of likely N-dealkylation sites (tertiary alicyclic amines) is 1. The predicted molar refractivity (Wildman–Crippen MR) is 58.3 cm³/mol. The highest BCUT2D eigenvalue weighted by Crippen LogP contribution is 2.15. The minimum absolute atomic E-state index is 0.440. The first-order valence-corrected chi connectivity index (χ1v) is 6.42. The molecule has 1 rings (SSSR count). The van der Waals surface area contributed by atoms with Crippen molar-refractivity contribution in [1.29, 1.82) is 0 Å². The van der Waals surface area contributed by atoms with Gasteiger partial charge in [0.05, 0.1) is 0 Å². The summed E-state index contributed by atoms with van der Waals surface area (Å²) in [6.07, 6.45) is 4.89. The van der Waals surface area contributed by atoms with Crippen molar-refractivity contribution >= 4 is 17.5 Å². The van der Waals surface area contributed by atoms with E-state index in [2.05, 4.69) is 18.1 Å². The molecule has 1 atom stereocenters. The molecule has 0 amide bonds. The molecule has 0 saturated carbocycles. The molecule has 0 aliphatic carbocycles. The van der Waals surface area contributed by atoms with Gasteiger partial charge >= 0.3 is 0 Å². The van der Waals surface area contributed by atoms with E-state index in [1.54, 1.807) is 0 Å². The second-order valence-corrected chi connectivity index (χ2v) is 4.50. The molecule has 76 valence electrons. The third kappa shape index (κ3) is 3.31. The van der Waals surface area contributed by atoms with Gasteiger partial charge in [0, 0.05) is 37.7 Å². The van der Waals surface area contributed by atoms with Crippen LogP contribution in [0.1, 0.15) is 26.2 Å². The molecule has 0 spiro atoms. The maximum absolute atomic E-state index is 11.0. The lowest BCUT2D eigenvalue weighted by molar-refractivity contribution is -0.121. The molecular formula is C10H19NOS. The van der Waals surface area contributed by atoms with Crippen LogP contribution in [0.5, 0.6) is 0 Å². The highest BCUT2D eigenvalue weighted by molar-refractivity contribution is 7.98. The smallest absolute Gasteiger partial charge is 0.135 e. The maximum Gasteiger partial charge on any atom is 0.135 e. The number of hydrogen-bond acceptors (Lipinski definition) is 3. The van der Waals surface area contributed by atoms with E-state index in [4.69, 9.17) is 0 Å². The average molecular weight is 201 g/mol. The molecule has 1 aliphatic rings. The molecular weight excluding hydrogens is 182 g/mol. The van der Waals surface area contributed by atoms with Gasteiger partial charge in [-0.25, -0.2) is 0 Å². The number of nitrogens with zero attached hydrogens (tertiary/aromatic N) is 1. The standard InChI is InChI=1S/C10H19NOS/c1-3-9(8-13-2)11-6-4-10(12)5-7-11/h9H,3-8H2,1-2H3. The van der Waals surface area contributed by atoms with Crippen molar-refractivity contribution in [1.82, 2.24) is 4.90 Å². The van der Waals surface area contributed by atoms with Crippen LogP contribution in [0.15, 0.2) is 0 Å². The van der Waals surface area contributed by atoms with Crippen molar-refractivity contribution in [2.75, 3.05) is 25.1 Å². The lowest BCUT2D eigenvalue weighted by atomic mass is 10.1. The minimum Gasteiger partial charge on any atom is -0.300 e. The Morgan fingerprint density at radius 1 is 1.46 bits per heavy atom. The maximum atomic E-state index is 11.0. The molecule has 1 unspecified atom stereocenters. The van der Waals surface area contributed by atoms with Crippen LogP contribution in [0.2, 0.25) is 0 Å². The van der Waals surface area contributed by atoms with Crippen molar-refractivity contribution in [3.8, 4) is 0 Å². The van der Waals surface area contributed by atoms with Crippen molar-refractivity contribution in [3.63, 3.8) is 0 Å². The van der Waals surface area contributed by atoms with Gasteiger partial charge in [0.1, 0.15) is 5.78 Å².